The lowest BCUT2D eigenvalue weighted by Crippen LogP contribution is -2.49. The van der Waals surface area contributed by atoms with Crippen molar-refractivity contribution in [2.24, 2.45) is 17.6 Å². The van der Waals surface area contributed by atoms with Crippen LogP contribution in [0.3, 0.4) is 0 Å². The highest BCUT2D eigenvalue weighted by Gasteiger charge is 2.41. The van der Waals surface area contributed by atoms with E-state index in [0.29, 0.717) is 10.9 Å². The number of sulfone groups is 1. The minimum absolute atomic E-state index is 0.0720. The lowest BCUT2D eigenvalue weighted by Gasteiger charge is -2.37. The van der Waals surface area contributed by atoms with Gasteiger partial charge in [0.15, 0.2) is 9.84 Å². The van der Waals surface area contributed by atoms with Gasteiger partial charge in [-0.15, -0.1) is 0 Å². The summed E-state index contributed by atoms with van der Waals surface area (Å²) in [7, 11) is -3.42. The molecular weight excluding hydrogens is 282 g/mol. The lowest BCUT2D eigenvalue weighted by molar-refractivity contribution is 0.271. The molecule has 106 valence electrons. The van der Waals surface area contributed by atoms with E-state index in [1.54, 1.807) is 18.2 Å². The molecule has 1 fully saturated rings. The molecule has 0 spiro atoms. The van der Waals surface area contributed by atoms with Gasteiger partial charge in [0.1, 0.15) is 0 Å². The van der Waals surface area contributed by atoms with Crippen LogP contribution in [0.5, 0.6) is 0 Å². The molecule has 3 nitrogen and oxygen atoms in total. The van der Waals surface area contributed by atoms with Crippen molar-refractivity contribution in [1.82, 2.24) is 0 Å². The SMILES string of the molecule is CC1CC(C)C(S(=O)(=O)c2cccc(Cl)c2)C(N)C1. The first-order valence-corrected chi connectivity index (χ1v) is 8.50. The highest BCUT2D eigenvalue weighted by molar-refractivity contribution is 7.92. The highest BCUT2D eigenvalue weighted by Crippen LogP contribution is 2.35. The van der Waals surface area contributed by atoms with Crippen molar-refractivity contribution in [3.8, 4) is 0 Å². The zero-order valence-corrected chi connectivity index (χ0v) is 12.8. The molecule has 4 unspecified atom stereocenters. The van der Waals surface area contributed by atoms with Crippen molar-refractivity contribution in [2.45, 2.75) is 42.9 Å². The van der Waals surface area contributed by atoms with Crippen LogP contribution >= 0.6 is 11.6 Å². The zero-order valence-electron chi connectivity index (χ0n) is 11.2. The van der Waals surface area contributed by atoms with E-state index in [0.717, 1.165) is 12.8 Å². The summed E-state index contributed by atoms with van der Waals surface area (Å²) in [5.41, 5.74) is 6.11. The van der Waals surface area contributed by atoms with Crippen LogP contribution in [0.4, 0.5) is 0 Å². The van der Waals surface area contributed by atoms with Gasteiger partial charge >= 0.3 is 0 Å². The summed E-state index contributed by atoms with van der Waals surface area (Å²) < 4.78 is 25.5. The van der Waals surface area contributed by atoms with Gasteiger partial charge in [-0.05, 0) is 42.9 Å². The monoisotopic (exact) mass is 301 g/mol. The first-order chi connectivity index (χ1) is 8.82. The standard InChI is InChI=1S/C14H20ClNO2S/c1-9-6-10(2)14(13(16)7-9)19(17,18)12-5-3-4-11(15)8-12/h3-5,8-10,13-14H,6-7,16H2,1-2H3. The van der Waals surface area contributed by atoms with Crippen LogP contribution in [0.2, 0.25) is 5.02 Å². The van der Waals surface area contributed by atoms with Crippen molar-refractivity contribution in [3.05, 3.63) is 29.3 Å². The highest BCUT2D eigenvalue weighted by atomic mass is 35.5. The average Bonchev–Trinajstić information content (AvgIpc) is 2.26. The molecule has 1 aliphatic rings. The molecule has 0 aromatic heterocycles. The second-order valence-electron chi connectivity index (χ2n) is 5.68. The molecule has 2 rings (SSSR count). The van der Waals surface area contributed by atoms with Crippen LogP contribution in [0, 0.1) is 11.8 Å². The minimum atomic E-state index is -3.42. The fraction of sp³-hybridized carbons (Fsp3) is 0.571. The third kappa shape index (κ3) is 2.96. The van der Waals surface area contributed by atoms with Crippen LogP contribution in [0.25, 0.3) is 0 Å². The third-order valence-electron chi connectivity index (χ3n) is 3.91. The predicted octanol–water partition coefficient (Wildman–Crippen LogP) is 2.88. The molecule has 1 aromatic rings. The Morgan fingerprint density at radius 1 is 1.26 bits per heavy atom. The topological polar surface area (TPSA) is 60.2 Å². The Kier molecular flexibility index (Phi) is 4.23. The van der Waals surface area contributed by atoms with Crippen molar-refractivity contribution < 1.29 is 8.42 Å². The van der Waals surface area contributed by atoms with E-state index >= 15 is 0 Å². The van der Waals surface area contributed by atoms with Crippen molar-refractivity contribution >= 4 is 21.4 Å². The van der Waals surface area contributed by atoms with Gasteiger partial charge in [0.05, 0.1) is 10.1 Å². The van der Waals surface area contributed by atoms with Gasteiger partial charge in [0, 0.05) is 11.1 Å². The minimum Gasteiger partial charge on any atom is -0.326 e. The molecule has 19 heavy (non-hydrogen) atoms. The summed E-state index contributed by atoms with van der Waals surface area (Å²) in [6, 6.07) is 6.14. The summed E-state index contributed by atoms with van der Waals surface area (Å²) in [6.45, 7) is 4.10. The van der Waals surface area contributed by atoms with Gasteiger partial charge in [-0.3, -0.25) is 0 Å². The number of nitrogens with two attached hydrogens (primary N) is 1. The van der Waals surface area contributed by atoms with Crippen LogP contribution < -0.4 is 5.73 Å². The maximum absolute atomic E-state index is 12.7. The molecule has 0 amide bonds. The van der Waals surface area contributed by atoms with E-state index in [1.165, 1.54) is 6.07 Å². The van der Waals surface area contributed by atoms with Crippen LogP contribution in [-0.4, -0.2) is 19.7 Å². The molecular formula is C14H20ClNO2S. The Balaban J connectivity index is 2.39. The quantitative estimate of drug-likeness (QED) is 0.913. The Hall–Kier alpha value is -0.580. The Morgan fingerprint density at radius 2 is 1.95 bits per heavy atom. The van der Waals surface area contributed by atoms with Crippen molar-refractivity contribution in [1.29, 1.82) is 0 Å². The number of hydrogen-bond donors (Lipinski definition) is 1. The van der Waals surface area contributed by atoms with Gasteiger partial charge in [-0.1, -0.05) is 31.5 Å². The number of hydrogen-bond acceptors (Lipinski definition) is 3. The van der Waals surface area contributed by atoms with E-state index in [-0.39, 0.29) is 16.9 Å². The van der Waals surface area contributed by atoms with Crippen LogP contribution in [0.1, 0.15) is 26.7 Å². The number of halogens is 1. The molecule has 0 radical (unpaired) electrons. The summed E-state index contributed by atoms with van der Waals surface area (Å²) in [6.07, 6.45) is 1.66. The number of benzene rings is 1. The summed E-state index contributed by atoms with van der Waals surface area (Å²) in [5, 5.41) is -0.0753. The molecule has 1 aliphatic carbocycles. The first-order valence-electron chi connectivity index (χ1n) is 6.57. The fourth-order valence-electron chi connectivity index (χ4n) is 3.22. The second kappa shape index (κ2) is 5.43. The third-order valence-corrected chi connectivity index (χ3v) is 6.59. The van der Waals surface area contributed by atoms with E-state index in [2.05, 4.69) is 6.92 Å². The van der Waals surface area contributed by atoms with E-state index in [9.17, 15) is 8.42 Å². The fourth-order valence-corrected chi connectivity index (χ4v) is 5.65. The molecule has 0 aliphatic heterocycles. The molecule has 0 heterocycles. The van der Waals surface area contributed by atoms with Gasteiger partial charge in [-0.2, -0.15) is 0 Å². The molecule has 4 atom stereocenters. The van der Waals surface area contributed by atoms with Crippen LogP contribution in [-0.2, 0) is 9.84 Å². The molecule has 1 aromatic carbocycles. The predicted molar refractivity (Wildman–Crippen MR) is 78.0 cm³/mol. The maximum Gasteiger partial charge on any atom is 0.183 e. The van der Waals surface area contributed by atoms with Crippen molar-refractivity contribution in [2.75, 3.05) is 0 Å². The maximum atomic E-state index is 12.7. The van der Waals surface area contributed by atoms with E-state index in [1.807, 2.05) is 6.92 Å². The largest absolute Gasteiger partial charge is 0.326 e. The van der Waals surface area contributed by atoms with Gasteiger partial charge in [-0.25, -0.2) is 8.42 Å². The smallest absolute Gasteiger partial charge is 0.183 e. The average molecular weight is 302 g/mol. The van der Waals surface area contributed by atoms with Crippen LogP contribution in [0.15, 0.2) is 29.2 Å². The summed E-state index contributed by atoms with van der Waals surface area (Å²) >= 11 is 5.89. The molecule has 1 saturated carbocycles. The summed E-state index contributed by atoms with van der Waals surface area (Å²) in [5.74, 6) is 0.554. The molecule has 0 bridgehead atoms. The second-order valence-corrected chi connectivity index (χ2v) is 8.23. The van der Waals surface area contributed by atoms with E-state index < -0.39 is 15.1 Å². The lowest BCUT2D eigenvalue weighted by atomic mass is 9.80. The molecule has 0 saturated heterocycles. The first kappa shape index (κ1) is 14.8. The van der Waals surface area contributed by atoms with E-state index in [4.69, 9.17) is 17.3 Å². The Morgan fingerprint density at radius 3 is 2.53 bits per heavy atom. The number of rotatable bonds is 2. The summed E-state index contributed by atoms with van der Waals surface area (Å²) in [4.78, 5) is 0.279. The zero-order chi connectivity index (χ0) is 14.2. The van der Waals surface area contributed by atoms with Gasteiger partial charge in [0.2, 0.25) is 0 Å². The van der Waals surface area contributed by atoms with Gasteiger partial charge < -0.3 is 5.73 Å². The Bertz CT molecular complexity index is 546. The van der Waals surface area contributed by atoms with Gasteiger partial charge in [0.25, 0.3) is 0 Å². The van der Waals surface area contributed by atoms with Crippen molar-refractivity contribution in [3.63, 3.8) is 0 Å². The molecule has 5 heteroatoms. The molecule has 2 N–H and O–H groups in total. The Labute approximate surface area is 120 Å². The normalized spacial score (nSPS) is 32.2.